The lowest BCUT2D eigenvalue weighted by Gasteiger charge is -2.16. The number of nitrogens with one attached hydrogen (secondary N) is 2. The molecule has 0 spiro atoms. The molecular weight excluding hydrogens is 402 g/mol. The van der Waals surface area contributed by atoms with Crippen molar-refractivity contribution >= 4 is 23.0 Å². The molecular formula is C25H23N5O2. The van der Waals surface area contributed by atoms with Crippen LogP contribution in [0.4, 0.5) is 17.3 Å². The summed E-state index contributed by atoms with van der Waals surface area (Å²) in [5, 5.41) is 12.0. The van der Waals surface area contributed by atoms with Crippen LogP contribution >= 0.6 is 0 Å². The molecule has 0 fully saturated rings. The zero-order valence-corrected chi connectivity index (χ0v) is 17.8. The van der Waals surface area contributed by atoms with Crippen LogP contribution in [0.2, 0.25) is 0 Å². The quantitative estimate of drug-likeness (QED) is 0.364. The zero-order chi connectivity index (χ0) is 22.5. The SMILES string of the molecule is COc1ccc(C(=N)c2c(N)ncnc2Nc2cc(-c3ccccc3)ccc2OC)cc1. The number of nitrogens with two attached hydrogens (primary N) is 1. The summed E-state index contributed by atoms with van der Waals surface area (Å²) in [7, 11) is 3.21. The first kappa shape index (κ1) is 20.9. The zero-order valence-electron chi connectivity index (χ0n) is 17.8. The summed E-state index contributed by atoms with van der Waals surface area (Å²) in [6.45, 7) is 0. The Morgan fingerprint density at radius 1 is 0.875 bits per heavy atom. The third-order valence-electron chi connectivity index (χ3n) is 5.06. The molecule has 0 saturated carbocycles. The van der Waals surface area contributed by atoms with Crippen molar-refractivity contribution in [3.63, 3.8) is 0 Å². The Balaban J connectivity index is 1.74. The molecule has 0 saturated heterocycles. The fourth-order valence-electron chi connectivity index (χ4n) is 3.39. The first-order valence-electron chi connectivity index (χ1n) is 9.95. The van der Waals surface area contributed by atoms with Crippen molar-refractivity contribution in [2.75, 3.05) is 25.3 Å². The van der Waals surface area contributed by atoms with Crippen molar-refractivity contribution in [1.82, 2.24) is 9.97 Å². The molecule has 7 heteroatoms. The monoisotopic (exact) mass is 425 g/mol. The molecule has 0 atom stereocenters. The van der Waals surface area contributed by atoms with Gasteiger partial charge in [0.05, 0.1) is 31.2 Å². The Kier molecular flexibility index (Phi) is 5.98. The highest BCUT2D eigenvalue weighted by Gasteiger charge is 2.18. The van der Waals surface area contributed by atoms with E-state index in [1.807, 2.05) is 48.5 Å². The highest BCUT2D eigenvalue weighted by Crippen LogP contribution is 2.34. The van der Waals surface area contributed by atoms with E-state index in [1.165, 1.54) is 6.33 Å². The summed E-state index contributed by atoms with van der Waals surface area (Å²) in [5.74, 6) is 1.98. The summed E-state index contributed by atoms with van der Waals surface area (Å²) < 4.78 is 10.8. The molecule has 1 heterocycles. The van der Waals surface area contributed by atoms with Gasteiger partial charge in [0.15, 0.2) is 0 Å². The van der Waals surface area contributed by atoms with Crippen molar-refractivity contribution < 1.29 is 9.47 Å². The Hall–Kier alpha value is -4.39. The van der Waals surface area contributed by atoms with Crippen LogP contribution in [-0.4, -0.2) is 29.9 Å². The molecule has 0 aliphatic heterocycles. The average Bonchev–Trinajstić information content (AvgIpc) is 2.84. The molecule has 32 heavy (non-hydrogen) atoms. The van der Waals surface area contributed by atoms with Crippen LogP contribution in [-0.2, 0) is 0 Å². The first-order chi connectivity index (χ1) is 15.6. The molecule has 0 aliphatic carbocycles. The van der Waals surface area contributed by atoms with E-state index in [9.17, 15) is 0 Å². The van der Waals surface area contributed by atoms with Crippen molar-refractivity contribution in [3.05, 3.63) is 90.3 Å². The molecule has 0 unspecified atom stereocenters. The van der Waals surface area contributed by atoms with Crippen LogP contribution in [0.3, 0.4) is 0 Å². The molecule has 4 rings (SSSR count). The molecule has 0 amide bonds. The summed E-state index contributed by atoms with van der Waals surface area (Å²) in [4.78, 5) is 8.47. The Bertz CT molecular complexity index is 1240. The topological polar surface area (TPSA) is 106 Å². The maximum absolute atomic E-state index is 8.75. The van der Waals surface area contributed by atoms with E-state index >= 15 is 0 Å². The molecule has 0 bridgehead atoms. The van der Waals surface area contributed by atoms with Crippen LogP contribution < -0.4 is 20.5 Å². The van der Waals surface area contributed by atoms with E-state index in [1.54, 1.807) is 38.5 Å². The molecule has 7 nitrogen and oxygen atoms in total. The normalized spacial score (nSPS) is 10.4. The lowest BCUT2D eigenvalue weighted by atomic mass is 10.0. The van der Waals surface area contributed by atoms with Crippen LogP contribution in [0, 0.1) is 5.41 Å². The van der Waals surface area contributed by atoms with Gasteiger partial charge >= 0.3 is 0 Å². The number of rotatable bonds is 7. The van der Waals surface area contributed by atoms with E-state index < -0.39 is 0 Å². The number of methoxy groups -OCH3 is 2. The number of ether oxygens (including phenoxy) is 2. The first-order valence-corrected chi connectivity index (χ1v) is 9.95. The molecule has 160 valence electrons. The minimum absolute atomic E-state index is 0.200. The molecule has 4 aromatic rings. The van der Waals surface area contributed by atoms with Crippen LogP contribution in [0.15, 0.2) is 79.1 Å². The fourth-order valence-corrected chi connectivity index (χ4v) is 3.39. The van der Waals surface area contributed by atoms with Crippen molar-refractivity contribution in [3.8, 4) is 22.6 Å². The van der Waals surface area contributed by atoms with Gasteiger partial charge in [-0.05, 0) is 47.5 Å². The molecule has 3 aromatic carbocycles. The minimum Gasteiger partial charge on any atom is -0.497 e. The van der Waals surface area contributed by atoms with Gasteiger partial charge in [-0.1, -0.05) is 36.4 Å². The second-order valence-electron chi connectivity index (χ2n) is 6.99. The molecule has 4 N–H and O–H groups in total. The number of hydrogen-bond acceptors (Lipinski definition) is 7. The number of nitrogen functional groups attached to an aromatic ring is 1. The highest BCUT2D eigenvalue weighted by atomic mass is 16.5. The Morgan fingerprint density at radius 2 is 1.62 bits per heavy atom. The van der Waals surface area contributed by atoms with Gasteiger partial charge in [0, 0.05) is 5.56 Å². The fraction of sp³-hybridized carbons (Fsp3) is 0.0800. The third-order valence-corrected chi connectivity index (χ3v) is 5.06. The molecule has 0 aliphatic rings. The van der Waals surface area contributed by atoms with E-state index in [-0.39, 0.29) is 11.5 Å². The van der Waals surface area contributed by atoms with Crippen LogP contribution in [0.1, 0.15) is 11.1 Å². The van der Waals surface area contributed by atoms with Gasteiger partial charge in [0.2, 0.25) is 0 Å². The number of aromatic nitrogens is 2. The Morgan fingerprint density at radius 3 is 2.31 bits per heavy atom. The highest BCUT2D eigenvalue weighted by molar-refractivity contribution is 6.16. The summed E-state index contributed by atoms with van der Waals surface area (Å²) in [6.07, 6.45) is 1.37. The standard InChI is InChI=1S/C25H23N5O2/c1-31-19-11-8-17(9-12-19)23(26)22-24(27)28-15-29-25(22)30-20-14-18(10-13-21(20)32-2)16-6-4-3-5-7-16/h3-15,26H,1-2H3,(H3,27,28,29,30). The second kappa shape index (κ2) is 9.18. The summed E-state index contributed by atoms with van der Waals surface area (Å²) in [5.41, 5.74) is 10.2. The van der Waals surface area contributed by atoms with Gasteiger partial charge in [-0.25, -0.2) is 9.97 Å². The van der Waals surface area contributed by atoms with E-state index in [2.05, 4.69) is 15.3 Å². The maximum atomic E-state index is 8.75. The van der Waals surface area contributed by atoms with Gasteiger partial charge in [-0.15, -0.1) is 0 Å². The van der Waals surface area contributed by atoms with Gasteiger partial charge in [-0.3, -0.25) is 5.41 Å². The van der Waals surface area contributed by atoms with E-state index in [4.69, 9.17) is 20.6 Å². The van der Waals surface area contributed by atoms with E-state index in [0.717, 1.165) is 11.1 Å². The molecule has 0 radical (unpaired) electrons. The second-order valence-corrected chi connectivity index (χ2v) is 6.99. The number of anilines is 3. The summed E-state index contributed by atoms with van der Waals surface area (Å²) in [6, 6.07) is 23.1. The van der Waals surface area contributed by atoms with Crippen molar-refractivity contribution in [1.29, 1.82) is 5.41 Å². The largest absolute Gasteiger partial charge is 0.497 e. The van der Waals surface area contributed by atoms with Crippen LogP contribution in [0.25, 0.3) is 11.1 Å². The maximum Gasteiger partial charge on any atom is 0.145 e. The van der Waals surface area contributed by atoms with Gasteiger partial charge in [-0.2, -0.15) is 0 Å². The predicted octanol–water partition coefficient (Wildman–Crippen LogP) is 4.90. The van der Waals surface area contributed by atoms with E-state index in [0.29, 0.717) is 34.1 Å². The predicted molar refractivity (Wildman–Crippen MR) is 127 cm³/mol. The van der Waals surface area contributed by atoms with Crippen LogP contribution in [0.5, 0.6) is 11.5 Å². The van der Waals surface area contributed by atoms with Crippen molar-refractivity contribution in [2.24, 2.45) is 0 Å². The van der Waals surface area contributed by atoms with Gasteiger partial charge in [0.1, 0.15) is 29.5 Å². The summed E-state index contributed by atoms with van der Waals surface area (Å²) >= 11 is 0. The molecule has 1 aromatic heterocycles. The third kappa shape index (κ3) is 4.22. The Labute approximate surface area is 186 Å². The van der Waals surface area contributed by atoms with Crippen molar-refractivity contribution in [2.45, 2.75) is 0 Å². The number of benzene rings is 3. The lowest BCUT2D eigenvalue weighted by molar-refractivity contribution is 0.415. The van der Waals surface area contributed by atoms with Gasteiger partial charge < -0.3 is 20.5 Å². The van der Waals surface area contributed by atoms with Gasteiger partial charge in [0.25, 0.3) is 0 Å². The minimum atomic E-state index is 0.200. The smallest absolute Gasteiger partial charge is 0.145 e. The number of hydrogen-bond donors (Lipinski definition) is 3. The lowest BCUT2D eigenvalue weighted by Crippen LogP contribution is -2.12. The average molecular weight is 425 g/mol. The number of nitrogens with zero attached hydrogens (tertiary/aromatic N) is 2.